The molecule has 0 aromatic carbocycles. The smallest absolute Gasteiger partial charge is 0.339 e. The van der Waals surface area contributed by atoms with Crippen molar-refractivity contribution < 1.29 is 19.1 Å². The maximum atomic E-state index is 12.3. The summed E-state index contributed by atoms with van der Waals surface area (Å²) in [5.41, 5.74) is 3.37. The van der Waals surface area contributed by atoms with E-state index in [2.05, 4.69) is 15.4 Å². The summed E-state index contributed by atoms with van der Waals surface area (Å²) in [5.74, 6) is -0.853. The maximum absolute atomic E-state index is 12.3. The van der Waals surface area contributed by atoms with Gasteiger partial charge in [0.25, 0.3) is 11.8 Å². The summed E-state index contributed by atoms with van der Waals surface area (Å²) in [7, 11) is 0. The minimum absolute atomic E-state index is 0. The first-order chi connectivity index (χ1) is 13.5. The fourth-order valence-corrected chi connectivity index (χ4v) is 4.26. The third-order valence-electron chi connectivity index (χ3n) is 3.99. The number of carbonyl (C=O) groups is 3. The van der Waals surface area contributed by atoms with Gasteiger partial charge < -0.3 is 4.74 Å². The van der Waals surface area contributed by atoms with E-state index in [1.54, 1.807) is 19.2 Å². The number of aromatic nitrogens is 2. The maximum Gasteiger partial charge on any atom is 0.339 e. The van der Waals surface area contributed by atoms with Gasteiger partial charge in [0.2, 0.25) is 0 Å². The zero-order valence-corrected chi connectivity index (χ0v) is 17.7. The predicted molar refractivity (Wildman–Crippen MR) is 113 cm³/mol. The van der Waals surface area contributed by atoms with Crippen molar-refractivity contribution in [2.24, 2.45) is 0 Å². The van der Waals surface area contributed by atoms with Crippen LogP contribution in [-0.4, -0.2) is 39.4 Å². The van der Waals surface area contributed by atoms with Gasteiger partial charge in [-0.2, -0.15) is 5.01 Å². The molecule has 0 fully saturated rings. The Morgan fingerprint density at radius 2 is 2.07 bits per heavy atom. The number of halogens is 1. The number of hydrazine groups is 1. The number of hydrogen-bond acceptors (Lipinski definition) is 9. The number of amides is 2. The van der Waals surface area contributed by atoms with Crippen molar-refractivity contribution in [2.75, 3.05) is 12.0 Å². The van der Waals surface area contributed by atoms with Gasteiger partial charge in [-0.25, -0.2) is 14.8 Å². The number of ether oxygens (including phenoxy) is 1. The summed E-state index contributed by atoms with van der Waals surface area (Å²) >= 11 is 2.73. The number of rotatable bonds is 5. The Hall–Kier alpha value is -2.82. The van der Waals surface area contributed by atoms with Crippen LogP contribution in [0.5, 0.6) is 0 Å². The molecule has 1 N–H and O–H groups in total. The Morgan fingerprint density at radius 3 is 2.69 bits per heavy atom. The first kappa shape index (κ1) is 20.9. The molecule has 0 unspecified atom stereocenters. The quantitative estimate of drug-likeness (QED) is 0.467. The number of fused-ring (bicyclic) bond motifs is 1. The SMILES string of the molecule is CCOC(=O)c1csc2nc(-c3cccs3)nc(NN3C(=O)C=C(C)C3=O)c12.Cl. The van der Waals surface area contributed by atoms with Gasteiger partial charge in [0.1, 0.15) is 4.83 Å². The van der Waals surface area contributed by atoms with Crippen LogP contribution in [0.2, 0.25) is 0 Å². The Bertz CT molecular complexity index is 1140. The highest BCUT2D eigenvalue weighted by atomic mass is 35.5. The first-order valence-corrected chi connectivity index (χ1v) is 10.1. The monoisotopic (exact) mass is 450 g/mol. The van der Waals surface area contributed by atoms with Gasteiger partial charge in [-0.1, -0.05) is 6.07 Å². The van der Waals surface area contributed by atoms with Crippen LogP contribution < -0.4 is 5.43 Å². The van der Waals surface area contributed by atoms with Crippen LogP contribution in [0.15, 0.2) is 34.5 Å². The fraction of sp³-hybridized carbons (Fsp3) is 0.167. The molecule has 150 valence electrons. The molecule has 3 aromatic heterocycles. The van der Waals surface area contributed by atoms with Gasteiger partial charge in [0.15, 0.2) is 11.6 Å². The van der Waals surface area contributed by atoms with E-state index in [1.165, 1.54) is 28.7 Å². The fourth-order valence-electron chi connectivity index (χ4n) is 2.70. The van der Waals surface area contributed by atoms with E-state index in [9.17, 15) is 14.4 Å². The second kappa shape index (κ2) is 8.27. The molecule has 29 heavy (non-hydrogen) atoms. The van der Waals surface area contributed by atoms with Crippen molar-refractivity contribution in [3.05, 3.63) is 40.1 Å². The summed E-state index contributed by atoms with van der Waals surface area (Å²) in [5, 5.41) is 4.82. The van der Waals surface area contributed by atoms with E-state index in [0.717, 1.165) is 9.89 Å². The molecule has 3 aromatic rings. The number of thiophene rings is 2. The van der Waals surface area contributed by atoms with Crippen LogP contribution in [-0.2, 0) is 14.3 Å². The van der Waals surface area contributed by atoms with Crippen molar-refractivity contribution in [2.45, 2.75) is 13.8 Å². The van der Waals surface area contributed by atoms with Crippen LogP contribution in [0.1, 0.15) is 24.2 Å². The highest BCUT2D eigenvalue weighted by molar-refractivity contribution is 7.17. The van der Waals surface area contributed by atoms with Gasteiger partial charge in [-0.15, -0.1) is 35.1 Å². The van der Waals surface area contributed by atoms with E-state index >= 15 is 0 Å². The summed E-state index contributed by atoms with van der Waals surface area (Å²) in [6.07, 6.45) is 1.24. The lowest BCUT2D eigenvalue weighted by molar-refractivity contribution is -0.135. The molecular formula is C18H15ClN4O4S2. The minimum Gasteiger partial charge on any atom is -0.462 e. The Balaban J connectivity index is 0.00000240. The molecular weight excluding hydrogens is 436 g/mol. The van der Waals surface area contributed by atoms with E-state index in [4.69, 9.17) is 4.74 Å². The Kier molecular flexibility index (Phi) is 5.96. The lowest BCUT2D eigenvalue weighted by atomic mass is 10.2. The van der Waals surface area contributed by atoms with Crippen LogP contribution in [0.4, 0.5) is 5.82 Å². The number of esters is 1. The number of nitrogens with zero attached hydrogens (tertiary/aromatic N) is 3. The van der Waals surface area contributed by atoms with Gasteiger partial charge >= 0.3 is 5.97 Å². The van der Waals surface area contributed by atoms with Crippen molar-refractivity contribution in [1.82, 2.24) is 15.0 Å². The summed E-state index contributed by atoms with van der Waals surface area (Å²) < 4.78 is 5.11. The van der Waals surface area contributed by atoms with Crippen LogP contribution in [0, 0.1) is 0 Å². The van der Waals surface area contributed by atoms with Crippen molar-refractivity contribution in [3.63, 3.8) is 0 Å². The van der Waals surface area contributed by atoms with Crippen LogP contribution in [0.3, 0.4) is 0 Å². The molecule has 0 bridgehead atoms. The highest BCUT2D eigenvalue weighted by Gasteiger charge is 2.31. The number of hydrogen-bond donors (Lipinski definition) is 1. The number of carbonyl (C=O) groups excluding carboxylic acids is 3. The van der Waals surface area contributed by atoms with Crippen molar-refractivity contribution >= 4 is 68.9 Å². The zero-order valence-electron chi connectivity index (χ0n) is 15.3. The molecule has 0 saturated carbocycles. The Labute approximate surface area is 179 Å². The molecule has 1 aliphatic rings. The van der Waals surface area contributed by atoms with Gasteiger partial charge in [-0.3, -0.25) is 15.0 Å². The lowest BCUT2D eigenvalue weighted by Crippen LogP contribution is -2.36. The molecule has 0 radical (unpaired) electrons. The standard InChI is InChI=1S/C18H14N4O4S2.ClH/c1-3-26-18(25)10-8-28-16-13(10)15(19-14(20-16)11-5-4-6-27-11)21-22-12(23)7-9(2)17(22)24;/h4-8H,3H2,1-2H3,(H,19,20,21);1H. The van der Waals surface area contributed by atoms with E-state index < -0.39 is 17.8 Å². The molecule has 0 spiro atoms. The third-order valence-corrected chi connectivity index (χ3v) is 5.73. The largest absolute Gasteiger partial charge is 0.462 e. The number of nitrogens with one attached hydrogen (secondary N) is 1. The Morgan fingerprint density at radius 1 is 1.28 bits per heavy atom. The van der Waals surface area contributed by atoms with Gasteiger partial charge in [0, 0.05) is 17.0 Å². The summed E-state index contributed by atoms with van der Waals surface area (Å²) in [4.78, 5) is 47.2. The van der Waals surface area contributed by atoms with Crippen molar-refractivity contribution in [1.29, 1.82) is 0 Å². The average Bonchev–Trinajstić information content (AvgIpc) is 3.38. The first-order valence-electron chi connectivity index (χ1n) is 8.33. The molecule has 0 saturated heterocycles. The lowest BCUT2D eigenvalue weighted by Gasteiger charge is -2.17. The highest BCUT2D eigenvalue weighted by Crippen LogP contribution is 2.34. The number of imide groups is 1. The van der Waals surface area contributed by atoms with Crippen LogP contribution >= 0.6 is 35.1 Å². The molecule has 11 heteroatoms. The van der Waals surface area contributed by atoms with Crippen LogP contribution in [0.25, 0.3) is 20.9 Å². The summed E-state index contributed by atoms with van der Waals surface area (Å²) in [6.45, 7) is 3.50. The zero-order chi connectivity index (χ0) is 19.8. The van der Waals surface area contributed by atoms with E-state index in [1.807, 2.05) is 17.5 Å². The van der Waals surface area contributed by atoms with Gasteiger partial charge in [0.05, 0.1) is 22.4 Å². The number of anilines is 1. The molecule has 4 rings (SSSR count). The molecule has 1 aliphatic heterocycles. The topological polar surface area (TPSA) is 101 Å². The summed E-state index contributed by atoms with van der Waals surface area (Å²) in [6, 6.07) is 3.74. The molecule has 8 nitrogen and oxygen atoms in total. The van der Waals surface area contributed by atoms with Gasteiger partial charge in [-0.05, 0) is 25.3 Å². The second-order valence-electron chi connectivity index (χ2n) is 5.84. The molecule has 4 heterocycles. The third kappa shape index (κ3) is 3.74. The van der Waals surface area contributed by atoms with E-state index in [-0.39, 0.29) is 30.4 Å². The minimum atomic E-state index is -0.516. The predicted octanol–water partition coefficient (Wildman–Crippen LogP) is 3.66. The molecule has 0 aliphatic carbocycles. The van der Waals surface area contributed by atoms with Crippen molar-refractivity contribution in [3.8, 4) is 10.7 Å². The molecule has 2 amide bonds. The molecule has 0 atom stereocenters. The normalized spacial score (nSPS) is 13.4. The van der Waals surface area contributed by atoms with E-state index in [0.29, 0.717) is 21.6 Å². The average molecular weight is 451 g/mol. The second-order valence-corrected chi connectivity index (χ2v) is 7.65.